The number of amides is 1. The number of nitrogens with one attached hydrogen (secondary N) is 1. The van der Waals surface area contributed by atoms with E-state index in [2.05, 4.69) is 64.6 Å². The van der Waals surface area contributed by atoms with Crippen LogP contribution in [0.15, 0.2) is 42.5 Å². The van der Waals surface area contributed by atoms with Gasteiger partial charge in [-0.2, -0.15) is 0 Å². The number of hydrogen-bond donors (Lipinski definition) is 1. The largest absolute Gasteiger partial charge is 0.345 e. The summed E-state index contributed by atoms with van der Waals surface area (Å²) in [5, 5.41) is 2.43. The maximum atomic E-state index is 14.5. The SMILES string of the molecule is Cc1ccc2c([nH+]1)CCC[C@]21C[NH2+]C[C@H]1C(=O)N1CC[C@@H](c2ccccc2)C[C@H]1C1CCCCC1. The molecule has 1 aromatic heterocycles. The topological polar surface area (TPSA) is 51.1 Å². The van der Waals surface area contributed by atoms with Crippen LogP contribution >= 0.6 is 0 Å². The number of quaternary nitrogens is 1. The summed E-state index contributed by atoms with van der Waals surface area (Å²) >= 11 is 0. The van der Waals surface area contributed by atoms with Crippen LogP contribution in [0.5, 0.6) is 0 Å². The fourth-order valence-electron chi connectivity index (χ4n) is 8.29. The highest BCUT2D eigenvalue weighted by atomic mass is 16.2. The number of hydrogen-bond acceptors (Lipinski definition) is 1. The van der Waals surface area contributed by atoms with E-state index < -0.39 is 0 Å². The van der Waals surface area contributed by atoms with E-state index in [1.165, 1.54) is 61.0 Å². The lowest BCUT2D eigenvalue weighted by atomic mass is 9.64. The van der Waals surface area contributed by atoms with Gasteiger partial charge in [-0.3, -0.25) is 4.79 Å². The maximum absolute atomic E-state index is 14.5. The van der Waals surface area contributed by atoms with Crippen LogP contribution in [-0.2, 0) is 16.6 Å². The molecule has 4 heteroatoms. The van der Waals surface area contributed by atoms with Crippen molar-refractivity contribution < 1.29 is 15.1 Å². The first kappa shape index (κ1) is 23.2. The molecule has 6 rings (SSSR count). The van der Waals surface area contributed by atoms with E-state index in [1.807, 2.05) is 0 Å². The van der Waals surface area contributed by atoms with Gasteiger partial charge in [-0.15, -0.1) is 0 Å². The summed E-state index contributed by atoms with van der Waals surface area (Å²) in [5.74, 6) is 1.84. The van der Waals surface area contributed by atoms with Crippen molar-refractivity contribution in [1.29, 1.82) is 0 Å². The highest BCUT2D eigenvalue weighted by Crippen LogP contribution is 2.45. The molecule has 1 aromatic carbocycles. The number of aromatic amines is 1. The van der Waals surface area contributed by atoms with Gasteiger partial charge in [0.1, 0.15) is 5.92 Å². The summed E-state index contributed by atoms with van der Waals surface area (Å²) in [5.41, 5.74) is 5.53. The summed E-state index contributed by atoms with van der Waals surface area (Å²) < 4.78 is 0. The lowest BCUT2D eigenvalue weighted by molar-refractivity contribution is -0.640. The van der Waals surface area contributed by atoms with Gasteiger partial charge in [-0.25, -0.2) is 4.98 Å². The Labute approximate surface area is 210 Å². The van der Waals surface area contributed by atoms with Crippen LogP contribution in [0.4, 0.5) is 0 Å². The Kier molecular flexibility index (Phi) is 6.43. The number of nitrogens with zero attached hydrogens (tertiary/aromatic N) is 1. The number of piperidine rings is 1. The first-order chi connectivity index (χ1) is 17.2. The molecular formula is C31H43N3O+2. The van der Waals surface area contributed by atoms with Gasteiger partial charge < -0.3 is 10.2 Å². The van der Waals surface area contributed by atoms with Gasteiger partial charge in [-0.1, -0.05) is 49.6 Å². The normalized spacial score (nSPS) is 31.5. The average molecular weight is 474 g/mol. The van der Waals surface area contributed by atoms with E-state index in [9.17, 15) is 4.79 Å². The molecule has 186 valence electrons. The fourth-order valence-corrected chi connectivity index (χ4v) is 8.29. The summed E-state index contributed by atoms with van der Waals surface area (Å²) in [6.45, 7) is 5.08. The van der Waals surface area contributed by atoms with Crippen LogP contribution in [0.2, 0.25) is 0 Å². The van der Waals surface area contributed by atoms with Crippen molar-refractivity contribution in [2.75, 3.05) is 19.6 Å². The zero-order valence-corrected chi connectivity index (χ0v) is 21.5. The van der Waals surface area contributed by atoms with Crippen LogP contribution in [0, 0.1) is 18.8 Å². The predicted octanol–water partition coefficient (Wildman–Crippen LogP) is 3.93. The maximum Gasteiger partial charge on any atom is 0.232 e. The number of aryl methyl sites for hydroxylation is 2. The molecule has 4 nitrogen and oxygen atoms in total. The third kappa shape index (κ3) is 4.22. The smallest absolute Gasteiger partial charge is 0.232 e. The highest BCUT2D eigenvalue weighted by Gasteiger charge is 2.56. The van der Waals surface area contributed by atoms with Crippen molar-refractivity contribution in [1.82, 2.24) is 4.90 Å². The van der Waals surface area contributed by atoms with E-state index in [0.717, 1.165) is 45.3 Å². The van der Waals surface area contributed by atoms with Crippen LogP contribution < -0.4 is 10.3 Å². The number of rotatable bonds is 3. The quantitative estimate of drug-likeness (QED) is 0.722. The number of benzene rings is 1. The van der Waals surface area contributed by atoms with E-state index in [4.69, 9.17) is 0 Å². The molecular weight excluding hydrogens is 430 g/mol. The Morgan fingerprint density at radius 3 is 2.69 bits per heavy atom. The lowest BCUT2D eigenvalue weighted by Gasteiger charge is -2.47. The predicted molar refractivity (Wildman–Crippen MR) is 138 cm³/mol. The molecule has 0 bridgehead atoms. The Morgan fingerprint density at radius 2 is 1.86 bits per heavy atom. The Hall–Kier alpha value is -2.20. The lowest BCUT2D eigenvalue weighted by Crippen LogP contribution is -2.82. The molecule has 2 aliphatic heterocycles. The average Bonchev–Trinajstić information content (AvgIpc) is 3.32. The van der Waals surface area contributed by atoms with Crippen molar-refractivity contribution >= 4 is 5.91 Å². The Bertz CT molecular complexity index is 1050. The van der Waals surface area contributed by atoms with Gasteiger partial charge in [0.2, 0.25) is 5.91 Å². The Morgan fingerprint density at radius 1 is 1.03 bits per heavy atom. The minimum Gasteiger partial charge on any atom is -0.345 e. The van der Waals surface area contributed by atoms with Gasteiger partial charge in [0, 0.05) is 37.6 Å². The second kappa shape index (κ2) is 9.69. The number of pyridine rings is 1. The molecule has 1 amide bonds. The minimum atomic E-state index is 0.00224. The van der Waals surface area contributed by atoms with Gasteiger partial charge in [0.25, 0.3) is 0 Å². The number of carbonyl (C=O) groups excluding carboxylic acids is 1. The molecule has 2 saturated heterocycles. The van der Waals surface area contributed by atoms with Crippen molar-refractivity contribution in [2.45, 2.75) is 88.5 Å². The summed E-state index contributed by atoms with van der Waals surface area (Å²) in [7, 11) is 0. The van der Waals surface area contributed by atoms with Crippen molar-refractivity contribution in [2.24, 2.45) is 11.8 Å². The zero-order valence-electron chi connectivity index (χ0n) is 21.5. The Balaban J connectivity index is 1.30. The van der Waals surface area contributed by atoms with E-state index in [-0.39, 0.29) is 11.3 Å². The molecule has 0 radical (unpaired) electrons. The van der Waals surface area contributed by atoms with E-state index >= 15 is 0 Å². The standard InChI is InChI=1S/C31H41N3O/c1-22-14-15-26-28(33-22)13-8-17-31(26)21-32-20-27(31)30(35)34-18-16-25(23-9-4-2-5-10-23)19-29(34)24-11-6-3-7-12-24/h2,4-5,9-10,14-15,24-25,27,29,32H,3,6-8,11-13,16-21H2,1H3/p+2/t25-,27+,29+,31+/m1/s1. The fraction of sp³-hybridized carbons (Fsp3) is 0.613. The molecule has 4 atom stereocenters. The van der Waals surface area contributed by atoms with Crippen LogP contribution in [-0.4, -0.2) is 36.5 Å². The summed E-state index contributed by atoms with van der Waals surface area (Å²) in [6.07, 6.45) is 12.3. The van der Waals surface area contributed by atoms with E-state index in [0.29, 0.717) is 23.8 Å². The number of fused-ring (bicyclic) bond motifs is 2. The van der Waals surface area contributed by atoms with Crippen molar-refractivity contribution in [3.8, 4) is 0 Å². The first-order valence-electron chi connectivity index (χ1n) is 14.3. The number of H-pyrrole nitrogens is 1. The van der Waals surface area contributed by atoms with Crippen molar-refractivity contribution in [3.05, 3.63) is 65.0 Å². The second-order valence-electron chi connectivity index (χ2n) is 12.0. The van der Waals surface area contributed by atoms with E-state index in [1.54, 1.807) is 0 Å². The van der Waals surface area contributed by atoms with Crippen LogP contribution in [0.25, 0.3) is 0 Å². The highest BCUT2D eigenvalue weighted by molar-refractivity contribution is 5.82. The molecule has 3 fully saturated rings. The van der Waals surface area contributed by atoms with Crippen molar-refractivity contribution in [3.63, 3.8) is 0 Å². The molecule has 4 aliphatic rings. The van der Waals surface area contributed by atoms with Gasteiger partial charge in [0.05, 0.1) is 18.5 Å². The monoisotopic (exact) mass is 473 g/mol. The molecule has 2 aromatic rings. The number of likely N-dealkylation sites (tertiary alicyclic amines) is 1. The number of nitrogens with two attached hydrogens (primary N) is 1. The van der Waals surface area contributed by atoms with Gasteiger partial charge in [-0.05, 0) is 62.0 Å². The molecule has 1 spiro atoms. The number of carbonyl (C=O) groups is 1. The zero-order chi connectivity index (χ0) is 23.8. The van der Waals surface area contributed by atoms with Crippen LogP contribution in [0.3, 0.4) is 0 Å². The van der Waals surface area contributed by atoms with Crippen LogP contribution in [0.1, 0.15) is 86.2 Å². The second-order valence-corrected chi connectivity index (χ2v) is 12.0. The molecule has 1 saturated carbocycles. The first-order valence-corrected chi connectivity index (χ1v) is 14.3. The minimum absolute atomic E-state index is 0.00224. The number of aromatic nitrogens is 1. The molecule has 3 N–H and O–H groups in total. The third-order valence-corrected chi connectivity index (χ3v) is 10.0. The van der Waals surface area contributed by atoms with Gasteiger partial charge >= 0.3 is 0 Å². The molecule has 3 heterocycles. The van der Waals surface area contributed by atoms with Gasteiger partial charge in [0.15, 0.2) is 11.4 Å². The summed E-state index contributed by atoms with van der Waals surface area (Å²) in [6, 6.07) is 16.1. The molecule has 2 aliphatic carbocycles. The summed E-state index contributed by atoms with van der Waals surface area (Å²) in [4.78, 5) is 20.6. The molecule has 35 heavy (non-hydrogen) atoms. The molecule has 0 unspecified atom stereocenters. The third-order valence-electron chi connectivity index (χ3n) is 10.0.